The monoisotopic (exact) mass is 214 g/mol. The molecule has 1 fully saturated rings. The zero-order valence-corrected chi connectivity index (χ0v) is 9.41. The van der Waals surface area contributed by atoms with Gasteiger partial charge in [0.15, 0.2) is 0 Å². The van der Waals surface area contributed by atoms with Crippen LogP contribution in [0.4, 0.5) is 4.79 Å². The lowest BCUT2D eigenvalue weighted by atomic mass is 10.0. The molecule has 0 spiro atoms. The van der Waals surface area contributed by atoms with Crippen molar-refractivity contribution in [3.05, 3.63) is 0 Å². The zero-order chi connectivity index (χ0) is 11.6. The van der Waals surface area contributed by atoms with Gasteiger partial charge in [-0.1, -0.05) is 0 Å². The average molecular weight is 214 g/mol. The standard InChI is InChI=1S/C10H18N2O3/c1-7(8(13)14)11-9(15)12-6-4-5-10(12,2)3/h7H,4-6H2,1-3H3,(H,11,15)(H,13,14)/t7-/m0/s1. The number of likely N-dealkylation sites (tertiary alicyclic amines) is 1. The van der Waals surface area contributed by atoms with Crippen LogP contribution in [0.25, 0.3) is 0 Å². The highest BCUT2D eigenvalue weighted by Crippen LogP contribution is 2.27. The molecule has 0 aromatic carbocycles. The summed E-state index contributed by atoms with van der Waals surface area (Å²) in [6, 6.07) is -1.12. The Hall–Kier alpha value is -1.26. The van der Waals surface area contributed by atoms with Crippen molar-refractivity contribution in [2.75, 3.05) is 6.54 Å². The highest BCUT2D eigenvalue weighted by Gasteiger charge is 2.36. The molecule has 1 aliphatic heterocycles. The number of carboxylic acid groups (broad SMARTS) is 1. The minimum absolute atomic E-state index is 0.164. The Morgan fingerprint density at radius 2 is 2.07 bits per heavy atom. The summed E-state index contributed by atoms with van der Waals surface area (Å²) in [5.74, 6) is -1.01. The van der Waals surface area contributed by atoms with E-state index in [9.17, 15) is 9.59 Å². The van der Waals surface area contributed by atoms with E-state index in [2.05, 4.69) is 5.32 Å². The number of amides is 2. The highest BCUT2D eigenvalue weighted by atomic mass is 16.4. The number of urea groups is 1. The molecule has 2 amide bonds. The molecule has 15 heavy (non-hydrogen) atoms. The zero-order valence-electron chi connectivity index (χ0n) is 9.41. The van der Waals surface area contributed by atoms with Crippen molar-refractivity contribution in [2.45, 2.75) is 45.2 Å². The van der Waals surface area contributed by atoms with Gasteiger partial charge >= 0.3 is 12.0 Å². The number of aliphatic carboxylic acids is 1. The lowest BCUT2D eigenvalue weighted by Gasteiger charge is -2.32. The molecule has 0 bridgehead atoms. The second-order valence-electron chi connectivity index (χ2n) is 4.58. The van der Waals surface area contributed by atoms with E-state index in [0.29, 0.717) is 6.54 Å². The first-order chi connectivity index (χ1) is 6.84. The summed E-state index contributed by atoms with van der Waals surface area (Å²) in [6.07, 6.45) is 1.93. The Kier molecular flexibility index (Phi) is 3.21. The summed E-state index contributed by atoms with van der Waals surface area (Å²) in [7, 11) is 0. The highest BCUT2D eigenvalue weighted by molar-refractivity contribution is 5.82. The number of nitrogens with one attached hydrogen (secondary N) is 1. The maximum atomic E-state index is 11.7. The van der Waals surface area contributed by atoms with Crippen molar-refractivity contribution in [2.24, 2.45) is 0 Å². The number of rotatable bonds is 2. The minimum atomic E-state index is -1.01. The fourth-order valence-electron chi connectivity index (χ4n) is 1.81. The Bertz CT molecular complexity index is 276. The molecule has 5 nitrogen and oxygen atoms in total. The van der Waals surface area contributed by atoms with Gasteiger partial charge < -0.3 is 15.3 Å². The van der Waals surface area contributed by atoms with E-state index in [1.165, 1.54) is 6.92 Å². The third-order valence-electron chi connectivity index (χ3n) is 2.86. The molecule has 0 radical (unpaired) electrons. The molecule has 1 heterocycles. The van der Waals surface area contributed by atoms with Crippen LogP contribution in [0.1, 0.15) is 33.6 Å². The van der Waals surface area contributed by atoms with Gasteiger partial charge in [-0.05, 0) is 33.6 Å². The van der Waals surface area contributed by atoms with Crippen LogP contribution in [0, 0.1) is 0 Å². The van der Waals surface area contributed by atoms with Gasteiger partial charge in [-0.25, -0.2) is 4.79 Å². The molecule has 1 rings (SSSR count). The minimum Gasteiger partial charge on any atom is -0.480 e. The lowest BCUT2D eigenvalue weighted by Crippen LogP contribution is -2.51. The van der Waals surface area contributed by atoms with Crippen LogP contribution in [-0.2, 0) is 4.79 Å². The van der Waals surface area contributed by atoms with E-state index < -0.39 is 12.0 Å². The topological polar surface area (TPSA) is 69.6 Å². The summed E-state index contributed by atoms with van der Waals surface area (Å²) < 4.78 is 0. The SMILES string of the molecule is C[C@H](NC(=O)N1CCCC1(C)C)C(=O)O. The molecule has 1 atom stereocenters. The maximum absolute atomic E-state index is 11.7. The third kappa shape index (κ3) is 2.61. The maximum Gasteiger partial charge on any atom is 0.325 e. The molecule has 86 valence electrons. The average Bonchev–Trinajstić information content (AvgIpc) is 2.44. The Morgan fingerprint density at radius 3 is 2.47 bits per heavy atom. The largest absolute Gasteiger partial charge is 0.480 e. The van der Waals surface area contributed by atoms with Crippen LogP contribution in [-0.4, -0.2) is 40.1 Å². The van der Waals surface area contributed by atoms with Crippen molar-refractivity contribution in [1.82, 2.24) is 10.2 Å². The van der Waals surface area contributed by atoms with Crippen LogP contribution >= 0.6 is 0 Å². The second-order valence-corrected chi connectivity index (χ2v) is 4.58. The van der Waals surface area contributed by atoms with Crippen molar-refractivity contribution >= 4 is 12.0 Å². The summed E-state index contributed by atoms with van der Waals surface area (Å²) in [5, 5.41) is 11.1. The van der Waals surface area contributed by atoms with Crippen LogP contribution in [0.2, 0.25) is 0 Å². The number of nitrogens with zero attached hydrogens (tertiary/aromatic N) is 1. The summed E-state index contributed by atoms with van der Waals surface area (Å²) in [4.78, 5) is 24.0. The van der Waals surface area contributed by atoms with E-state index in [-0.39, 0.29) is 11.6 Å². The van der Waals surface area contributed by atoms with Gasteiger partial charge in [-0.3, -0.25) is 4.79 Å². The number of carbonyl (C=O) groups excluding carboxylic acids is 1. The van der Waals surface area contributed by atoms with E-state index in [1.807, 2.05) is 13.8 Å². The van der Waals surface area contributed by atoms with Gasteiger partial charge in [-0.2, -0.15) is 0 Å². The molecule has 1 aliphatic rings. The molecule has 0 aromatic rings. The Labute approximate surface area is 89.4 Å². The van der Waals surface area contributed by atoms with Crippen molar-refractivity contribution in [1.29, 1.82) is 0 Å². The van der Waals surface area contributed by atoms with E-state index >= 15 is 0 Å². The van der Waals surface area contributed by atoms with Crippen molar-refractivity contribution < 1.29 is 14.7 Å². The van der Waals surface area contributed by atoms with Crippen LogP contribution < -0.4 is 5.32 Å². The van der Waals surface area contributed by atoms with Crippen molar-refractivity contribution in [3.8, 4) is 0 Å². The van der Waals surface area contributed by atoms with E-state index in [4.69, 9.17) is 5.11 Å². The lowest BCUT2D eigenvalue weighted by molar-refractivity contribution is -0.138. The quantitative estimate of drug-likeness (QED) is 0.721. The predicted octanol–water partition coefficient (Wildman–Crippen LogP) is 1.04. The van der Waals surface area contributed by atoms with Gasteiger partial charge in [0.2, 0.25) is 0 Å². The van der Waals surface area contributed by atoms with Crippen LogP contribution in [0.5, 0.6) is 0 Å². The first-order valence-corrected chi connectivity index (χ1v) is 5.15. The summed E-state index contributed by atoms with van der Waals surface area (Å²) in [5.41, 5.74) is -0.164. The number of hydrogen-bond acceptors (Lipinski definition) is 2. The molecule has 0 saturated carbocycles. The van der Waals surface area contributed by atoms with Crippen LogP contribution in [0.3, 0.4) is 0 Å². The second kappa shape index (κ2) is 4.08. The smallest absolute Gasteiger partial charge is 0.325 e. The van der Waals surface area contributed by atoms with E-state index in [1.54, 1.807) is 4.90 Å². The molecule has 0 unspecified atom stereocenters. The normalized spacial score (nSPS) is 21.1. The Balaban J connectivity index is 2.58. The van der Waals surface area contributed by atoms with Gasteiger partial charge in [-0.15, -0.1) is 0 Å². The third-order valence-corrected chi connectivity index (χ3v) is 2.86. The number of carboxylic acids is 1. The van der Waals surface area contributed by atoms with Gasteiger partial charge in [0, 0.05) is 12.1 Å². The Morgan fingerprint density at radius 1 is 1.47 bits per heavy atom. The number of carbonyl (C=O) groups is 2. The van der Waals surface area contributed by atoms with Crippen LogP contribution in [0.15, 0.2) is 0 Å². The van der Waals surface area contributed by atoms with Gasteiger partial charge in [0.25, 0.3) is 0 Å². The van der Waals surface area contributed by atoms with Gasteiger partial charge in [0.1, 0.15) is 6.04 Å². The fraction of sp³-hybridized carbons (Fsp3) is 0.800. The first kappa shape index (κ1) is 11.8. The molecule has 1 saturated heterocycles. The predicted molar refractivity (Wildman–Crippen MR) is 55.6 cm³/mol. The van der Waals surface area contributed by atoms with Crippen molar-refractivity contribution in [3.63, 3.8) is 0 Å². The number of hydrogen-bond donors (Lipinski definition) is 2. The molecule has 5 heteroatoms. The summed E-state index contributed by atoms with van der Waals surface area (Å²) in [6.45, 7) is 6.14. The summed E-state index contributed by atoms with van der Waals surface area (Å²) >= 11 is 0. The van der Waals surface area contributed by atoms with E-state index in [0.717, 1.165) is 12.8 Å². The molecule has 0 aromatic heterocycles. The fourth-order valence-corrected chi connectivity index (χ4v) is 1.81. The molecule has 0 aliphatic carbocycles. The first-order valence-electron chi connectivity index (χ1n) is 5.15. The molecular formula is C10H18N2O3. The molecule has 2 N–H and O–H groups in total. The molecular weight excluding hydrogens is 196 g/mol. The van der Waals surface area contributed by atoms with Gasteiger partial charge in [0.05, 0.1) is 0 Å².